The Morgan fingerprint density at radius 1 is 1.44 bits per heavy atom. The molecule has 3 aromatic rings. The molecule has 0 saturated heterocycles. The van der Waals surface area contributed by atoms with E-state index >= 15 is 0 Å². The molecule has 138 valence electrons. The van der Waals surface area contributed by atoms with Gasteiger partial charge < -0.3 is 0 Å². The van der Waals surface area contributed by atoms with Crippen molar-refractivity contribution < 1.29 is 9.48 Å². The standard InChI is InChI=1S/C18H15BrN4O2S2/c1-3-14(24)22-13-5-4-11(19)8-12(13)15-16(25)20-18(26-2)21-23(15)17(22)10-6-7-27-9-10/h4-9,17H,3H2,1-2H3/p+1/t17-/m1/s1. The van der Waals surface area contributed by atoms with E-state index in [0.29, 0.717) is 28.5 Å². The molecule has 0 aliphatic carbocycles. The minimum Gasteiger partial charge on any atom is -0.291 e. The summed E-state index contributed by atoms with van der Waals surface area (Å²) in [4.78, 5) is 30.5. The maximum absolute atomic E-state index is 13.0. The lowest BCUT2D eigenvalue weighted by atomic mass is 10.0. The fourth-order valence-electron chi connectivity index (χ4n) is 3.25. The molecular weight excluding hydrogens is 448 g/mol. The summed E-state index contributed by atoms with van der Waals surface area (Å²) in [6.45, 7) is 1.84. The maximum Gasteiger partial charge on any atom is 0.325 e. The molecular formula is C18H16BrN4O2S2+. The van der Waals surface area contributed by atoms with Gasteiger partial charge in [0.15, 0.2) is 0 Å². The van der Waals surface area contributed by atoms with Crippen LogP contribution in [0.15, 0.2) is 49.4 Å². The van der Waals surface area contributed by atoms with Crippen LogP contribution in [0.5, 0.6) is 0 Å². The number of hydrogen-bond acceptors (Lipinski definition) is 5. The molecule has 0 bridgehead atoms. The topological polar surface area (TPSA) is 69.9 Å². The van der Waals surface area contributed by atoms with Gasteiger partial charge in [0.1, 0.15) is 0 Å². The van der Waals surface area contributed by atoms with Gasteiger partial charge in [-0.15, -0.1) is 0 Å². The highest BCUT2D eigenvalue weighted by Crippen LogP contribution is 2.39. The predicted molar refractivity (Wildman–Crippen MR) is 110 cm³/mol. The first-order valence-electron chi connectivity index (χ1n) is 8.29. The van der Waals surface area contributed by atoms with Crippen LogP contribution < -0.4 is 15.1 Å². The van der Waals surface area contributed by atoms with Gasteiger partial charge in [-0.25, -0.2) is 4.90 Å². The molecule has 9 heteroatoms. The number of nitrogens with one attached hydrogen (secondary N) is 1. The number of nitrogens with zero attached hydrogens (tertiary/aromatic N) is 3. The molecule has 1 amide bonds. The Kier molecular flexibility index (Phi) is 4.92. The highest BCUT2D eigenvalue weighted by Gasteiger charge is 2.45. The third-order valence-corrected chi connectivity index (χ3v) is 6.18. The first-order chi connectivity index (χ1) is 13.0. The summed E-state index contributed by atoms with van der Waals surface area (Å²) in [5.74, 6) is -0.0271. The van der Waals surface area contributed by atoms with Gasteiger partial charge in [0.2, 0.25) is 11.1 Å². The molecule has 2 aromatic heterocycles. The van der Waals surface area contributed by atoms with Crippen LogP contribution in [0.25, 0.3) is 11.3 Å². The predicted octanol–water partition coefficient (Wildman–Crippen LogP) is 3.57. The van der Waals surface area contributed by atoms with E-state index in [0.717, 1.165) is 10.0 Å². The van der Waals surface area contributed by atoms with Crippen molar-refractivity contribution in [3.8, 4) is 11.3 Å². The summed E-state index contributed by atoms with van der Waals surface area (Å²) >= 11 is 6.38. The number of carbonyl (C=O) groups excluding carboxylic acids is 1. The summed E-state index contributed by atoms with van der Waals surface area (Å²) in [6.07, 6.45) is 1.71. The first-order valence-corrected chi connectivity index (χ1v) is 11.3. The molecule has 0 radical (unpaired) electrons. The van der Waals surface area contributed by atoms with Crippen molar-refractivity contribution in [3.05, 3.63) is 55.4 Å². The van der Waals surface area contributed by atoms with Crippen LogP contribution >= 0.6 is 39.0 Å². The number of aromatic amines is 1. The van der Waals surface area contributed by atoms with Gasteiger partial charge in [0.05, 0.1) is 16.8 Å². The van der Waals surface area contributed by atoms with Crippen LogP contribution in [0.4, 0.5) is 5.69 Å². The summed E-state index contributed by atoms with van der Waals surface area (Å²) in [5, 5.41) is 9.10. The van der Waals surface area contributed by atoms with Crippen molar-refractivity contribution in [2.45, 2.75) is 24.7 Å². The van der Waals surface area contributed by atoms with Crippen molar-refractivity contribution in [3.63, 3.8) is 0 Å². The van der Waals surface area contributed by atoms with Gasteiger partial charge in [0.25, 0.3) is 6.17 Å². The second-order valence-corrected chi connectivity index (χ2v) is 8.46. The Morgan fingerprint density at radius 3 is 2.93 bits per heavy atom. The second kappa shape index (κ2) is 7.21. The summed E-state index contributed by atoms with van der Waals surface area (Å²) in [7, 11) is 0. The van der Waals surface area contributed by atoms with Crippen molar-refractivity contribution >= 4 is 50.6 Å². The highest BCUT2D eigenvalue weighted by atomic mass is 79.9. The minimum absolute atomic E-state index is 0.0271. The normalized spacial score (nSPS) is 15.4. The molecule has 0 spiro atoms. The van der Waals surface area contributed by atoms with E-state index in [4.69, 9.17) is 0 Å². The van der Waals surface area contributed by atoms with Gasteiger partial charge in [-0.05, 0) is 40.6 Å². The number of thioether (sulfide) groups is 1. The molecule has 27 heavy (non-hydrogen) atoms. The molecule has 1 aliphatic heterocycles. The van der Waals surface area contributed by atoms with E-state index in [9.17, 15) is 9.59 Å². The lowest BCUT2D eigenvalue weighted by Crippen LogP contribution is -2.60. The van der Waals surface area contributed by atoms with Gasteiger partial charge in [0, 0.05) is 21.4 Å². The molecule has 4 rings (SSSR count). The number of carbonyl (C=O) groups is 1. The zero-order chi connectivity index (χ0) is 19.1. The monoisotopic (exact) mass is 463 g/mol. The number of anilines is 1. The Morgan fingerprint density at radius 2 is 2.26 bits per heavy atom. The summed E-state index contributed by atoms with van der Waals surface area (Å²) < 4.78 is 2.51. The van der Waals surface area contributed by atoms with E-state index in [-0.39, 0.29) is 11.5 Å². The second-order valence-electron chi connectivity index (χ2n) is 5.97. The number of amides is 1. The van der Waals surface area contributed by atoms with Crippen LogP contribution in [0.2, 0.25) is 0 Å². The third kappa shape index (κ3) is 3.03. The van der Waals surface area contributed by atoms with Crippen molar-refractivity contribution in [1.82, 2.24) is 10.1 Å². The SMILES string of the molecule is CCC(=O)N1c2ccc(Br)cc2-c2c(=O)[nH]c(SC)n[n+]2[C@@H]1c1ccsc1. The van der Waals surface area contributed by atoms with Gasteiger partial charge in [-0.2, -0.15) is 11.3 Å². The van der Waals surface area contributed by atoms with E-state index < -0.39 is 6.17 Å². The zero-order valence-electron chi connectivity index (χ0n) is 14.6. The highest BCUT2D eigenvalue weighted by molar-refractivity contribution is 9.10. The molecule has 1 aliphatic rings. The van der Waals surface area contributed by atoms with E-state index in [2.05, 4.69) is 26.0 Å². The first kappa shape index (κ1) is 18.4. The number of thiophene rings is 1. The molecule has 1 atom stereocenters. The van der Waals surface area contributed by atoms with Gasteiger partial charge >= 0.3 is 11.3 Å². The largest absolute Gasteiger partial charge is 0.325 e. The number of hydrogen-bond donors (Lipinski definition) is 1. The summed E-state index contributed by atoms with van der Waals surface area (Å²) in [6, 6.07) is 7.58. The Hall–Kier alpha value is -1.97. The van der Waals surface area contributed by atoms with Crippen LogP contribution in [0.3, 0.4) is 0 Å². The Balaban J connectivity index is 2.10. The molecule has 1 N–H and O–H groups in total. The van der Waals surface area contributed by atoms with Crippen LogP contribution in [0, 0.1) is 0 Å². The quantitative estimate of drug-likeness (QED) is 0.475. The van der Waals surface area contributed by atoms with Gasteiger partial charge in [-0.1, -0.05) is 34.6 Å². The summed E-state index contributed by atoms with van der Waals surface area (Å²) in [5.41, 5.74) is 2.54. The van der Waals surface area contributed by atoms with Crippen molar-refractivity contribution in [2.75, 3.05) is 11.2 Å². The number of halogens is 1. The van der Waals surface area contributed by atoms with Crippen LogP contribution in [-0.2, 0) is 4.79 Å². The maximum atomic E-state index is 13.0. The molecule has 6 nitrogen and oxygen atoms in total. The molecule has 3 heterocycles. The lowest BCUT2D eigenvalue weighted by molar-refractivity contribution is -0.763. The van der Waals surface area contributed by atoms with Crippen molar-refractivity contribution in [2.24, 2.45) is 0 Å². The van der Waals surface area contributed by atoms with Gasteiger partial charge in [-0.3, -0.25) is 14.6 Å². The minimum atomic E-state index is -0.499. The Bertz CT molecular complexity index is 1080. The number of rotatable bonds is 3. The Labute approximate surface area is 172 Å². The lowest BCUT2D eigenvalue weighted by Gasteiger charge is -2.31. The average Bonchev–Trinajstić information content (AvgIpc) is 3.19. The van der Waals surface area contributed by atoms with E-state index in [1.165, 1.54) is 11.8 Å². The fourth-order valence-corrected chi connectivity index (χ4v) is 4.65. The van der Waals surface area contributed by atoms with E-state index in [1.54, 1.807) is 20.9 Å². The molecule has 0 unspecified atom stereocenters. The zero-order valence-corrected chi connectivity index (χ0v) is 17.8. The smallest absolute Gasteiger partial charge is 0.291 e. The molecule has 1 aromatic carbocycles. The van der Waals surface area contributed by atoms with Crippen molar-refractivity contribution in [1.29, 1.82) is 0 Å². The average molecular weight is 464 g/mol. The fraction of sp³-hybridized carbons (Fsp3) is 0.222. The van der Waals surface area contributed by atoms with Crippen LogP contribution in [-0.4, -0.2) is 22.2 Å². The molecule has 0 saturated carbocycles. The number of H-pyrrole nitrogens is 1. The number of aromatic nitrogens is 3. The van der Waals surface area contributed by atoms with Crippen LogP contribution in [0.1, 0.15) is 25.1 Å². The number of fused-ring (bicyclic) bond motifs is 3. The van der Waals surface area contributed by atoms with E-state index in [1.807, 2.05) is 48.2 Å². The number of benzene rings is 1. The third-order valence-electron chi connectivity index (χ3n) is 4.42. The molecule has 0 fully saturated rings.